The van der Waals surface area contributed by atoms with Crippen molar-refractivity contribution in [2.45, 2.75) is 11.7 Å². The molecule has 0 amide bonds. The number of carboxylic acid groups (broad SMARTS) is 1. The van der Waals surface area contributed by atoms with Gasteiger partial charge in [-0.05, 0) is 14.1 Å². The molecule has 0 atom stereocenters. The number of nitrogens with two attached hydrogens (primary N) is 1. The average molecular weight is 289 g/mol. The second-order valence-corrected chi connectivity index (χ2v) is 5.03. The fourth-order valence-corrected chi connectivity index (χ4v) is 1.94. The molecule has 1 aromatic heterocycles. The summed E-state index contributed by atoms with van der Waals surface area (Å²) >= 11 is 1.09. The van der Waals surface area contributed by atoms with E-state index in [1.807, 2.05) is 19.0 Å². The Hall–Kier alpha value is -1.32. The SMILES string of the molecule is CN(C)CCOCCn1c(N)nnc1SCC(=O)O. The van der Waals surface area contributed by atoms with E-state index >= 15 is 0 Å². The van der Waals surface area contributed by atoms with Crippen LogP contribution in [0, 0.1) is 0 Å². The van der Waals surface area contributed by atoms with Gasteiger partial charge in [0, 0.05) is 6.54 Å². The van der Waals surface area contributed by atoms with Crippen molar-refractivity contribution in [1.82, 2.24) is 19.7 Å². The van der Waals surface area contributed by atoms with Gasteiger partial charge in [0.05, 0.1) is 25.5 Å². The zero-order valence-electron chi connectivity index (χ0n) is 11.1. The Morgan fingerprint density at radius 2 is 2.21 bits per heavy atom. The topological polar surface area (TPSA) is 107 Å². The van der Waals surface area contributed by atoms with Gasteiger partial charge in [-0.15, -0.1) is 10.2 Å². The van der Waals surface area contributed by atoms with Gasteiger partial charge in [-0.25, -0.2) is 0 Å². The molecule has 0 aliphatic heterocycles. The lowest BCUT2D eigenvalue weighted by Crippen LogP contribution is -2.19. The van der Waals surface area contributed by atoms with Crippen molar-refractivity contribution in [3.63, 3.8) is 0 Å². The van der Waals surface area contributed by atoms with Crippen LogP contribution in [0.15, 0.2) is 5.16 Å². The molecule has 0 bridgehead atoms. The van der Waals surface area contributed by atoms with Gasteiger partial charge in [0.1, 0.15) is 0 Å². The fraction of sp³-hybridized carbons (Fsp3) is 0.700. The summed E-state index contributed by atoms with van der Waals surface area (Å²) in [6, 6.07) is 0. The Kier molecular flexibility index (Phi) is 6.60. The number of aromatic nitrogens is 3. The predicted octanol–water partition coefficient (Wildman–Crippen LogP) is -0.385. The summed E-state index contributed by atoms with van der Waals surface area (Å²) in [5.74, 6) is -0.705. The van der Waals surface area contributed by atoms with Crippen molar-refractivity contribution in [2.75, 3.05) is 45.3 Å². The molecule has 0 saturated carbocycles. The summed E-state index contributed by atoms with van der Waals surface area (Å²) in [6.45, 7) is 2.47. The number of nitrogen functional groups attached to an aromatic ring is 1. The van der Waals surface area contributed by atoms with Gasteiger partial charge in [0.15, 0.2) is 5.16 Å². The lowest BCUT2D eigenvalue weighted by Gasteiger charge is -2.11. The molecule has 1 aromatic rings. The highest BCUT2D eigenvalue weighted by molar-refractivity contribution is 7.99. The van der Waals surface area contributed by atoms with E-state index in [1.165, 1.54) is 0 Å². The van der Waals surface area contributed by atoms with Crippen LogP contribution >= 0.6 is 11.8 Å². The first kappa shape index (κ1) is 15.7. The maximum Gasteiger partial charge on any atom is 0.313 e. The maximum atomic E-state index is 10.5. The summed E-state index contributed by atoms with van der Waals surface area (Å²) in [7, 11) is 3.95. The maximum absolute atomic E-state index is 10.5. The highest BCUT2D eigenvalue weighted by Gasteiger charge is 2.11. The van der Waals surface area contributed by atoms with E-state index in [9.17, 15) is 4.79 Å². The molecule has 9 heteroatoms. The number of carbonyl (C=O) groups is 1. The lowest BCUT2D eigenvalue weighted by atomic mass is 10.6. The average Bonchev–Trinajstić information content (AvgIpc) is 2.67. The minimum atomic E-state index is -0.902. The predicted molar refractivity (Wildman–Crippen MR) is 72.2 cm³/mol. The molecule has 108 valence electrons. The van der Waals surface area contributed by atoms with E-state index in [-0.39, 0.29) is 11.7 Å². The number of hydrogen-bond acceptors (Lipinski definition) is 7. The molecule has 0 fully saturated rings. The van der Waals surface area contributed by atoms with Gasteiger partial charge in [0.25, 0.3) is 0 Å². The molecule has 0 aromatic carbocycles. The number of anilines is 1. The minimum absolute atomic E-state index is 0.0698. The van der Waals surface area contributed by atoms with Gasteiger partial charge >= 0.3 is 5.97 Å². The van der Waals surface area contributed by atoms with E-state index in [0.717, 1.165) is 18.3 Å². The van der Waals surface area contributed by atoms with Crippen LogP contribution < -0.4 is 5.73 Å². The van der Waals surface area contributed by atoms with Crippen molar-refractivity contribution in [3.8, 4) is 0 Å². The number of carboxylic acids is 1. The van der Waals surface area contributed by atoms with E-state index < -0.39 is 5.97 Å². The Balaban J connectivity index is 2.39. The summed E-state index contributed by atoms with van der Waals surface area (Å²) < 4.78 is 7.11. The third-order valence-corrected chi connectivity index (χ3v) is 3.16. The van der Waals surface area contributed by atoms with Crippen LogP contribution in [0.25, 0.3) is 0 Å². The van der Waals surface area contributed by atoms with Crippen LogP contribution in [0.5, 0.6) is 0 Å². The lowest BCUT2D eigenvalue weighted by molar-refractivity contribution is -0.133. The summed E-state index contributed by atoms with van der Waals surface area (Å²) in [5, 5.41) is 16.7. The first-order valence-corrected chi connectivity index (χ1v) is 6.75. The fourth-order valence-electron chi connectivity index (χ4n) is 1.25. The van der Waals surface area contributed by atoms with Gasteiger partial charge in [-0.3, -0.25) is 9.36 Å². The zero-order chi connectivity index (χ0) is 14.3. The second kappa shape index (κ2) is 7.97. The molecule has 0 aliphatic carbocycles. The first-order valence-electron chi connectivity index (χ1n) is 5.76. The molecule has 8 nitrogen and oxygen atoms in total. The standard InChI is InChI=1S/C10H19N5O3S/c1-14(2)3-5-18-6-4-15-9(11)12-13-10(15)19-7-8(16)17/h3-7H2,1-2H3,(H2,11,12)(H,16,17). The molecule has 0 aliphatic rings. The number of likely N-dealkylation sites (N-methyl/N-ethyl adjacent to an activating group) is 1. The van der Waals surface area contributed by atoms with Crippen LogP contribution in [-0.4, -0.2) is 70.3 Å². The third kappa shape index (κ3) is 5.90. The van der Waals surface area contributed by atoms with Gasteiger partial charge < -0.3 is 20.5 Å². The molecular weight excluding hydrogens is 270 g/mol. The van der Waals surface area contributed by atoms with Crippen LogP contribution in [0.2, 0.25) is 0 Å². The second-order valence-electron chi connectivity index (χ2n) is 4.09. The highest BCUT2D eigenvalue weighted by Crippen LogP contribution is 2.17. The zero-order valence-corrected chi connectivity index (χ0v) is 11.9. The molecule has 19 heavy (non-hydrogen) atoms. The third-order valence-electron chi connectivity index (χ3n) is 2.21. The largest absolute Gasteiger partial charge is 0.481 e. The number of rotatable bonds is 9. The Morgan fingerprint density at radius 3 is 2.84 bits per heavy atom. The van der Waals surface area contributed by atoms with Gasteiger partial charge in [-0.2, -0.15) is 0 Å². The van der Waals surface area contributed by atoms with Crippen molar-refractivity contribution >= 4 is 23.7 Å². The van der Waals surface area contributed by atoms with Crippen LogP contribution in [0.3, 0.4) is 0 Å². The van der Waals surface area contributed by atoms with Crippen LogP contribution in [-0.2, 0) is 16.1 Å². The molecule has 3 N–H and O–H groups in total. The van der Waals surface area contributed by atoms with E-state index in [0.29, 0.717) is 24.9 Å². The van der Waals surface area contributed by atoms with Crippen molar-refractivity contribution < 1.29 is 14.6 Å². The van der Waals surface area contributed by atoms with Crippen molar-refractivity contribution in [2.24, 2.45) is 0 Å². The number of hydrogen-bond donors (Lipinski definition) is 2. The van der Waals surface area contributed by atoms with Crippen molar-refractivity contribution in [3.05, 3.63) is 0 Å². The van der Waals surface area contributed by atoms with Gasteiger partial charge in [0.2, 0.25) is 5.95 Å². The molecule has 1 heterocycles. The minimum Gasteiger partial charge on any atom is -0.481 e. The Labute approximate surface area is 115 Å². The van der Waals surface area contributed by atoms with Crippen LogP contribution in [0.1, 0.15) is 0 Å². The molecule has 0 unspecified atom stereocenters. The molecule has 0 saturated heterocycles. The normalized spacial score (nSPS) is 11.1. The molecule has 0 spiro atoms. The summed E-state index contributed by atoms with van der Waals surface area (Å²) in [4.78, 5) is 12.5. The quantitative estimate of drug-likeness (QED) is 0.468. The van der Waals surface area contributed by atoms with E-state index in [4.69, 9.17) is 15.6 Å². The number of ether oxygens (including phenoxy) is 1. The van der Waals surface area contributed by atoms with Gasteiger partial charge in [-0.1, -0.05) is 11.8 Å². The monoisotopic (exact) mass is 289 g/mol. The number of thioether (sulfide) groups is 1. The van der Waals surface area contributed by atoms with E-state index in [2.05, 4.69) is 10.2 Å². The summed E-state index contributed by atoms with van der Waals surface area (Å²) in [6.07, 6.45) is 0. The highest BCUT2D eigenvalue weighted by atomic mass is 32.2. The number of nitrogens with zero attached hydrogens (tertiary/aromatic N) is 4. The summed E-state index contributed by atoms with van der Waals surface area (Å²) in [5.41, 5.74) is 5.68. The molecule has 1 rings (SSSR count). The van der Waals surface area contributed by atoms with Crippen LogP contribution in [0.4, 0.5) is 5.95 Å². The van der Waals surface area contributed by atoms with E-state index in [1.54, 1.807) is 4.57 Å². The van der Waals surface area contributed by atoms with Crippen molar-refractivity contribution in [1.29, 1.82) is 0 Å². The molecular formula is C10H19N5O3S. The first-order chi connectivity index (χ1) is 9.00. The Morgan fingerprint density at radius 1 is 1.47 bits per heavy atom. The molecule has 0 radical (unpaired) electrons. The number of aliphatic carboxylic acids is 1. The smallest absolute Gasteiger partial charge is 0.313 e. The Bertz CT molecular complexity index is 410.